The largest absolute Gasteiger partial charge is 0.496 e. The van der Waals surface area contributed by atoms with E-state index in [0.717, 1.165) is 18.7 Å². The maximum atomic E-state index is 5.46. The van der Waals surface area contributed by atoms with Crippen LogP contribution in [0.1, 0.15) is 50.6 Å². The molecule has 0 fully saturated rings. The van der Waals surface area contributed by atoms with Crippen molar-refractivity contribution in [3.05, 3.63) is 29.8 Å². The number of rotatable bonds is 11. The number of benzene rings is 1. The van der Waals surface area contributed by atoms with Crippen molar-refractivity contribution in [3.8, 4) is 5.75 Å². The fourth-order valence-corrected chi connectivity index (χ4v) is 2.92. The summed E-state index contributed by atoms with van der Waals surface area (Å²) < 4.78 is 5.46. The van der Waals surface area contributed by atoms with Crippen LogP contribution >= 0.6 is 11.8 Å². The van der Waals surface area contributed by atoms with Crippen molar-refractivity contribution in [2.24, 2.45) is 0 Å². The summed E-state index contributed by atoms with van der Waals surface area (Å²) in [4.78, 5) is 0. The van der Waals surface area contributed by atoms with Gasteiger partial charge in [-0.3, -0.25) is 0 Å². The molecule has 0 amide bonds. The molecule has 20 heavy (non-hydrogen) atoms. The van der Waals surface area contributed by atoms with Gasteiger partial charge in [0.05, 0.1) is 7.11 Å². The van der Waals surface area contributed by atoms with Gasteiger partial charge in [0.1, 0.15) is 5.75 Å². The van der Waals surface area contributed by atoms with Crippen molar-refractivity contribution in [2.75, 3.05) is 25.7 Å². The number of nitrogens with one attached hydrogen (secondary N) is 1. The van der Waals surface area contributed by atoms with Crippen molar-refractivity contribution in [1.82, 2.24) is 5.32 Å². The van der Waals surface area contributed by atoms with Gasteiger partial charge in [0, 0.05) is 11.6 Å². The molecule has 2 nitrogen and oxygen atoms in total. The van der Waals surface area contributed by atoms with Crippen molar-refractivity contribution >= 4 is 11.8 Å². The minimum absolute atomic E-state index is 0.400. The fraction of sp³-hybridized carbons (Fsp3) is 0.647. The van der Waals surface area contributed by atoms with Gasteiger partial charge < -0.3 is 10.1 Å². The molecule has 0 radical (unpaired) electrons. The highest BCUT2D eigenvalue weighted by Gasteiger charge is 2.12. The molecule has 1 aromatic rings. The molecule has 1 unspecified atom stereocenters. The van der Waals surface area contributed by atoms with E-state index in [0.29, 0.717) is 6.04 Å². The zero-order valence-electron chi connectivity index (χ0n) is 13.2. The highest BCUT2D eigenvalue weighted by molar-refractivity contribution is 7.98. The lowest BCUT2D eigenvalue weighted by atomic mass is 10.0. The first-order valence-corrected chi connectivity index (χ1v) is 9.08. The smallest absolute Gasteiger partial charge is 0.123 e. The molecule has 0 aliphatic heterocycles. The van der Waals surface area contributed by atoms with E-state index in [2.05, 4.69) is 30.6 Å². The van der Waals surface area contributed by atoms with Gasteiger partial charge in [0.15, 0.2) is 0 Å². The van der Waals surface area contributed by atoms with E-state index in [9.17, 15) is 0 Å². The third-order valence-electron chi connectivity index (χ3n) is 3.59. The number of methoxy groups -OCH3 is 1. The first-order chi connectivity index (χ1) is 9.83. The number of hydrogen-bond acceptors (Lipinski definition) is 3. The Morgan fingerprint density at radius 1 is 1.15 bits per heavy atom. The van der Waals surface area contributed by atoms with Gasteiger partial charge in [-0.05, 0) is 43.9 Å². The lowest BCUT2D eigenvalue weighted by molar-refractivity contribution is 0.396. The predicted octanol–water partition coefficient (Wildman–Crippen LogP) is 4.66. The van der Waals surface area contributed by atoms with Gasteiger partial charge >= 0.3 is 0 Å². The first kappa shape index (κ1) is 17.4. The summed E-state index contributed by atoms with van der Waals surface area (Å²) >= 11 is 1.95. The van der Waals surface area contributed by atoms with E-state index in [1.54, 1.807) is 7.11 Å². The molecule has 0 aliphatic carbocycles. The van der Waals surface area contributed by atoms with E-state index in [4.69, 9.17) is 4.74 Å². The van der Waals surface area contributed by atoms with Crippen LogP contribution in [0, 0.1) is 0 Å². The molecular weight excluding hydrogens is 266 g/mol. The van der Waals surface area contributed by atoms with Crippen molar-refractivity contribution in [3.63, 3.8) is 0 Å². The summed E-state index contributed by atoms with van der Waals surface area (Å²) in [7, 11) is 1.75. The highest BCUT2D eigenvalue weighted by Crippen LogP contribution is 2.26. The van der Waals surface area contributed by atoms with Gasteiger partial charge in [0.25, 0.3) is 0 Å². The molecule has 1 rings (SSSR count). The Bertz CT molecular complexity index is 357. The van der Waals surface area contributed by atoms with Crippen LogP contribution in [0.15, 0.2) is 24.3 Å². The Kier molecular flexibility index (Phi) is 9.60. The molecule has 1 atom stereocenters. The molecule has 0 aliphatic rings. The summed E-state index contributed by atoms with van der Waals surface area (Å²) in [5, 5.41) is 3.67. The Hall–Kier alpha value is -0.670. The second-order valence-corrected chi connectivity index (χ2v) is 6.05. The van der Waals surface area contributed by atoms with Crippen LogP contribution in [0.25, 0.3) is 0 Å². The quantitative estimate of drug-likeness (QED) is 0.600. The van der Waals surface area contributed by atoms with E-state index in [-0.39, 0.29) is 0 Å². The van der Waals surface area contributed by atoms with E-state index in [1.165, 1.54) is 37.0 Å². The molecule has 0 bridgehead atoms. The molecule has 0 aromatic heterocycles. The standard InChI is InChI=1S/C17H29NOS/c1-4-16(15-11-7-8-12-17(15)19-2)18-13-9-5-6-10-14-20-3/h7-8,11-12,16,18H,4-6,9-10,13-14H2,1-3H3. The summed E-state index contributed by atoms with van der Waals surface area (Å²) in [6.45, 7) is 3.32. The van der Waals surface area contributed by atoms with Crippen molar-refractivity contribution in [1.29, 1.82) is 0 Å². The van der Waals surface area contributed by atoms with Crippen LogP contribution in [-0.4, -0.2) is 25.7 Å². The summed E-state index contributed by atoms with van der Waals surface area (Å²) in [6, 6.07) is 8.73. The lowest BCUT2D eigenvalue weighted by Gasteiger charge is -2.20. The van der Waals surface area contributed by atoms with E-state index >= 15 is 0 Å². The zero-order chi connectivity index (χ0) is 14.6. The number of ether oxygens (including phenoxy) is 1. The van der Waals surface area contributed by atoms with Crippen LogP contribution in [0.3, 0.4) is 0 Å². The minimum atomic E-state index is 0.400. The molecule has 0 heterocycles. The zero-order valence-corrected chi connectivity index (χ0v) is 14.0. The van der Waals surface area contributed by atoms with Gasteiger partial charge in [0.2, 0.25) is 0 Å². The van der Waals surface area contributed by atoms with Gasteiger partial charge in [-0.2, -0.15) is 11.8 Å². The van der Waals surface area contributed by atoms with Crippen molar-refractivity contribution in [2.45, 2.75) is 45.1 Å². The number of thioether (sulfide) groups is 1. The third kappa shape index (κ3) is 6.19. The molecule has 1 N–H and O–H groups in total. The van der Waals surface area contributed by atoms with Gasteiger partial charge in [-0.25, -0.2) is 0 Å². The summed E-state index contributed by atoms with van der Waals surface area (Å²) in [5.41, 5.74) is 1.28. The van der Waals surface area contributed by atoms with Crippen molar-refractivity contribution < 1.29 is 4.74 Å². The maximum absolute atomic E-state index is 5.46. The predicted molar refractivity (Wildman–Crippen MR) is 90.9 cm³/mol. The summed E-state index contributed by atoms with van der Waals surface area (Å²) in [5.74, 6) is 2.29. The number of unbranched alkanes of at least 4 members (excludes halogenated alkanes) is 3. The fourth-order valence-electron chi connectivity index (χ4n) is 2.43. The number of para-hydroxylation sites is 1. The number of hydrogen-bond donors (Lipinski definition) is 1. The Balaban J connectivity index is 2.32. The molecule has 0 spiro atoms. The van der Waals surface area contributed by atoms with Gasteiger partial charge in [-0.15, -0.1) is 0 Å². The van der Waals surface area contributed by atoms with Crippen LogP contribution in [0.2, 0.25) is 0 Å². The minimum Gasteiger partial charge on any atom is -0.496 e. The molecule has 1 aromatic carbocycles. The monoisotopic (exact) mass is 295 g/mol. The molecule has 3 heteroatoms. The van der Waals surface area contributed by atoms with Crippen LogP contribution in [-0.2, 0) is 0 Å². The Morgan fingerprint density at radius 3 is 2.60 bits per heavy atom. The van der Waals surface area contributed by atoms with Crippen LogP contribution in [0.4, 0.5) is 0 Å². The van der Waals surface area contributed by atoms with E-state index in [1.807, 2.05) is 23.9 Å². The second kappa shape index (κ2) is 11.0. The molecule has 0 saturated carbocycles. The maximum Gasteiger partial charge on any atom is 0.123 e. The molecule has 114 valence electrons. The highest BCUT2D eigenvalue weighted by atomic mass is 32.2. The lowest BCUT2D eigenvalue weighted by Crippen LogP contribution is -2.22. The summed E-state index contributed by atoms with van der Waals surface area (Å²) in [6.07, 6.45) is 8.57. The topological polar surface area (TPSA) is 21.3 Å². The van der Waals surface area contributed by atoms with E-state index < -0.39 is 0 Å². The molecule has 0 saturated heterocycles. The normalized spacial score (nSPS) is 12.3. The third-order valence-corrected chi connectivity index (χ3v) is 4.29. The SMILES string of the molecule is CCC(NCCCCCCSC)c1ccccc1OC. The average Bonchev–Trinajstić information content (AvgIpc) is 2.50. The Labute approximate surface area is 128 Å². The first-order valence-electron chi connectivity index (χ1n) is 7.68. The van der Waals surface area contributed by atoms with Gasteiger partial charge in [-0.1, -0.05) is 38.0 Å². The van der Waals surface area contributed by atoms with Crippen LogP contribution in [0.5, 0.6) is 5.75 Å². The Morgan fingerprint density at radius 2 is 1.90 bits per heavy atom. The average molecular weight is 295 g/mol. The molecular formula is C17H29NOS. The second-order valence-electron chi connectivity index (χ2n) is 5.06. The van der Waals surface area contributed by atoms with Crippen LogP contribution < -0.4 is 10.1 Å².